The highest BCUT2D eigenvalue weighted by atomic mass is 16.5. The topological polar surface area (TPSA) is 88.3 Å². The van der Waals surface area contributed by atoms with E-state index in [0.717, 1.165) is 5.56 Å². The van der Waals surface area contributed by atoms with Crippen LogP contribution in [0, 0.1) is 0 Å². The number of hydrogen-bond donors (Lipinski definition) is 3. The summed E-state index contributed by atoms with van der Waals surface area (Å²) >= 11 is 0. The molecule has 0 aromatic carbocycles. The van der Waals surface area contributed by atoms with Crippen LogP contribution in [-0.2, 0) is 14.9 Å². The van der Waals surface area contributed by atoms with E-state index in [2.05, 4.69) is 4.98 Å². The molecule has 0 aliphatic carbocycles. The average Bonchev–Trinajstić information content (AvgIpc) is 2.55. The Bertz CT molecular complexity index is 330. The number of carboxylic acids is 1. The third-order valence-corrected chi connectivity index (χ3v) is 2.75. The first kappa shape index (κ1) is 9.23. The van der Waals surface area contributed by atoms with E-state index in [1.165, 1.54) is 0 Å². The number of H-pyrrole nitrogens is 1. The van der Waals surface area contributed by atoms with Gasteiger partial charge in [-0.25, -0.2) is 0 Å². The molecule has 1 aromatic heterocycles. The molecular weight excluding hydrogens is 184 g/mol. The fraction of sp³-hybridized carbons (Fsp3) is 0.444. The van der Waals surface area contributed by atoms with Crippen LogP contribution >= 0.6 is 0 Å². The lowest BCUT2D eigenvalue weighted by atomic mass is 9.74. The molecular formula is C9H12N2O3. The molecule has 1 aromatic rings. The molecule has 1 fully saturated rings. The van der Waals surface area contributed by atoms with Crippen molar-refractivity contribution in [2.45, 2.75) is 11.5 Å². The fourth-order valence-electron chi connectivity index (χ4n) is 1.72. The van der Waals surface area contributed by atoms with Gasteiger partial charge in [0.15, 0.2) is 0 Å². The third-order valence-electron chi connectivity index (χ3n) is 2.75. The lowest BCUT2D eigenvalue weighted by Gasteiger charge is -2.43. The van der Waals surface area contributed by atoms with Crippen LogP contribution in [0.25, 0.3) is 0 Å². The Morgan fingerprint density at radius 1 is 1.71 bits per heavy atom. The van der Waals surface area contributed by atoms with E-state index in [9.17, 15) is 4.79 Å². The second-order valence-corrected chi connectivity index (χ2v) is 3.56. The summed E-state index contributed by atoms with van der Waals surface area (Å²) in [4.78, 5) is 13.7. The van der Waals surface area contributed by atoms with Crippen LogP contribution in [0.15, 0.2) is 18.5 Å². The van der Waals surface area contributed by atoms with Gasteiger partial charge in [-0.1, -0.05) is 0 Å². The molecule has 0 spiro atoms. The van der Waals surface area contributed by atoms with Crippen molar-refractivity contribution in [2.75, 3.05) is 13.2 Å². The summed E-state index contributed by atoms with van der Waals surface area (Å²) in [7, 11) is 0. The molecule has 2 rings (SSSR count). The molecule has 1 aliphatic rings. The Labute approximate surface area is 80.9 Å². The van der Waals surface area contributed by atoms with Gasteiger partial charge >= 0.3 is 5.97 Å². The molecule has 1 saturated heterocycles. The number of hydrogen-bond acceptors (Lipinski definition) is 3. The second-order valence-electron chi connectivity index (χ2n) is 3.56. The Morgan fingerprint density at radius 2 is 2.43 bits per heavy atom. The van der Waals surface area contributed by atoms with Crippen molar-refractivity contribution < 1.29 is 14.6 Å². The van der Waals surface area contributed by atoms with E-state index in [4.69, 9.17) is 15.6 Å². The van der Waals surface area contributed by atoms with Crippen LogP contribution in [0.1, 0.15) is 5.56 Å². The van der Waals surface area contributed by atoms with Gasteiger partial charge in [-0.3, -0.25) is 4.79 Å². The van der Waals surface area contributed by atoms with Crippen molar-refractivity contribution in [1.82, 2.24) is 4.98 Å². The molecule has 0 radical (unpaired) electrons. The number of ether oxygens (including phenoxy) is 1. The zero-order valence-corrected chi connectivity index (χ0v) is 7.56. The molecule has 0 saturated carbocycles. The molecule has 2 heterocycles. The van der Waals surface area contributed by atoms with Gasteiger partial charge in [0, 0.05) is 12.4 Å². The van der Waals surface area contributed by atoms with Crippen LogP contribution < -0.4 is 5.73 Å². The molecule has 14 heavy (non-hydrogen) atoms. The highest BCUT2D eigenvalue weighted by Crippen LogP contribution is 2.34. The minimum atomic E-state index is -0.991. The zero-order valence-electron chi connectivity index (χ0n) is 7.56. The number of aromatic nitrogens is 1. The van der Waals surface area contributed by atoms with Crippen LogP contribution in [0.5, 0.6) is 0 Å². The molecule has 1 aliphatic heterocycles. The van der Waals surface area contributed by atoms with E-state index >= 15 is 0 Å². The van der Waals surface area contributed by atoms with Gasteiger partial charge in [-0.15, -0.1) is 0 Å². The van der Waals surface area contributed by atoms with Crippen molar-refractivity contribution in [1.29, 1.82) is 0 Å². The van der Waals surface area contributed by atoms with Crippen LogP contribution in [0.2, 0.25) is 0 Å². The first-order valence-corrected chi connectivity index (χ1v) is 4.36. The molecule has 4 N–H and O–H groups in total. The minimum Gasteiger partial charge on any atom is -0.480 e. The Hall–Kier alpha value is -1.33. The highest BCUT2D eigenvalue weighted by Gasteiger charge is 2.49. The monoisotopic (exact) mass is 196 g/mol. The second kappa shape index (κ2) is 3.11. The maximum absolute atomic E-state index is 10.8. The first-order valence-electron chi connectivity index (χ1n) is 4.36. The predicted octanol–water partition coefficient (Wildman–Crippen LogP) is -0.305. The SMILES string of the molecule is NC(C(=O)O)C1(c2cc[nH]c2)COC1. The fourth-order valence-corrected chi connectivity index (χ4v) is 1.72. The smallest absolute Gasteiger partial charge is 0.321 e. The standard InChI is InChI=1S/C9H12N2O3/c10-7(8(12)13)9(4-14-5-9)6-1-2-11-3-6/h1-3,7,11H,4-5,10H2,(H,12,13). The number of rotatable bonds is 3. The molecule has 1 unspecified atom stereocenters. The van der Waals surface area contributed by atoms with Crippen LogP contribution in [-0.4, -0.2) is 35.3 Å². The van der Waals surface area contributed by atoms with Gasteiger partial charge in [0.05, 0.1) is 18.6 Å². The molecule has 76 valence electrons. The summed E-state index contributed by atoms with van der Waals surface area (Å²) in [5, 5.41) is 8.89. The maximum atomic E-state index is 10.8. The molecule has 1 atom stereocenters. The van der Waals surface area contributed by atoms with Gasteiger partial charge in [-0.05, 0) is 11.6 Å². The van der Waals surface area contributed by atoms with Crippen molar-refractivity contribution in [2.24, 2.45) is 5.73 Å². The van der Waals surface area contributed by atoms with E-state index in [1.807, 2.05) is 6.07 Å². The Morgan fingerprint density at radius 3 is 2.79 bits per heavy atom. The summed E-state index contributed by atoms with van der Waals surface area (Å²) in [5.74, 6) is -0.991. The number of aromatic amines is 1. The van der Waals surface area contributed by atoms with E-state index in [1.54, 1.807) is 12.4 Å². The third kappa shape index (κ3) is 1.13. The number of aliphatic carboxylic acids is 1. The summed E-state index contributed by atoms with van der Waals surface area (Å²) in [5.41, 5.74) is 6.01. The van der Waals surface area contributed by atoms with Crippen LogP contribution in [0.3, 0.4) is 0 Å². The molecule has 5 heteroatoms. The average molecular weight is 196 g/mol. The lowest BCUT2D eigenvalue weighted by Crippen LogP contribution is -2.61. The quantitative estimate of drug-likeness (QED) is 0.619. The van der Waals surface area contributed by atoms with E-state index < -0.39 is 17.4 Å². The van der Waals surface area contributed by atoms with E-state index in [-0.39, 0.29) is 0 Å². The van der Waals surface area contributed by atoms with Gasteiger partial charge in [-0.2, -0.15) is 0 Å². The van der Waals surface area contributed by atoms with E-state index in [0.29, 0.717) is 13.2 Å². The molecule has 0 bridgehead atoms. The zero-order chi connectivity index (χ0) is 10.2. The Balaban J connectivity index is 2.31. The number of nitrogens with two attached hydrogens (primary N) is 1. The molecule has 0 amide bonds. The maximum Gasteiger partial charge on any atom is 0.321 e. The van der Waals surface area contributed by atoms with Gasteiger partial charge in [0.25, 0.3) is 0 Å². The normalized spacial score (nSPS) is 21.2. The largest absolute Gasteiger partial charge is 0.480 e. The predicted molar refractivity (Wildman–Crippen MR) is 48.9 cm³/mol. The van der Waals surface area contributed by atoms with Crippen LogP contribution in [0.4, 0.5) is 0 Å². The van der Waals surface area contributed by atoms with Gasteiger partial charge in [0.2, 0.25) is 0 Å². The summed E-state index contributed by atoms with van der Waals surface area (Å²) < 4.78 is 5.08. The first-order chi connectivity index (χ1) is 6.67. The summed E-state index contributed by atoms with van der Waals surface area (Å²) in [6.07, 6.45) is 3.52. The van der Waals surface area contributed by atoms with Gasteiger partial charge < -0.3 is 20.6 Å². The number of nitrogens with one attached hydrogen (secondary N) is 1. The number of carbonyl (C=O) groups is 1. The van der Waals surface area contributed by atoms with Gasteiger partial charge in [0.1, 0.15) is 6.04 Å². The minimum absolute atomic E-state index is 0.373. The van der Waals surface area contributed by atoms with Crippen molar-refractivity contribution in [3.05, 3.63) is 24.0 Å². The van der Waals surface area contributed by atoms with Crippen molar-refractivity contribution in [3.63, 3.8) is 0 Å². The Kier molecular flexibility index (Phi) is 2.05. The van der Waals surface area contributed by atoms with Crippen molar-refractivity contribution in [3.8, 4) is 0 Å². The summed E-state index contributed by atoms with van der Waals surface area (Å²) in [6.45, 7) is 0.747. The number of carboxylic acid groups (broad SMARTS) is 1. The summed E-state index contributed by atoms with van der Waals surface area (Å²) in [6, 6.07) is 0.928. The highest BCUT2D eigenvalue weighted by molar-refractivity contribution is 5.76. The lowest BCUT2D eigenvalue weighted by molar-refractivity contribution is -0.148. The van der Waals surface area contributed by atoms with Crippen molar-refractivity contribution >= 4 is 5.97 Å². The molecule has 5 nitrogen and oxygen atoms in total.